The molecule has 2 saturated heterocycles. The highest BCUT2D eigenvalue weighted by Gasteiger charge is 2.41. The maximum absolute atomic E-state index is 10.6. The number of ether oxygens (including phenoxy) is 2. The summed E-state index contributed by atoms with van der Waals surface area (Å²) < 4.78 is 12.5. The fourth-order valence-corrected chi connectivity index (χ4v) is 5.53. The van der Waals surface area contributed by atoms with E-state index in [1.165, 1.54) is 11.3 Å². The second kappa shape index (κ2) is 8.46. The molecule has 11 heteroatoms. The van der Waals surface area contributed by atoms with Gasteiger partial charge in [-0.2, -0.15) is 5.10 Å². The lowest BCUT2D eigenvalue weighted by molar-refractivity contribution is -0.184. The van der Waals surface area contributed by atoms with Crippen molar-refractivity contribution in [2.24, 2.45) is 0 Å². The molecular formula is C22H23ClN6O3S. The molecule has 172 valence electrons. The van der Waals surface area contributed by atoms with Crippen LogP contribution in [0.5, 0.6) is 0 Å². The number of aromatic nitrogens is 5. The Bertz CT molecular complexity index is 1290. The molecule has 6 rings (SSSR count). The van der Waals surface area contributed by atoms with Gasteiger partial charge in [-0.3, -0.25) is 9.58 Å². The van der Waals surface area contributed by atoms with Crippen LogP contribution in [0, 0.1) is 0 Å². The van der Waals surface area contributed by atoms with Gasteiger partial charge in [-0.15, -0.1) is 11.3 Å². The molecule has 6 heterocycles. The predicted octanol–water partition coefficient (Wildman–Crippen LogP) is 2.75. The Morgan fingerprint density at radius 3 is 2.76 bits per heavy atom. The lowest BCUT2D eigenvalue weighted by Crippen LogP contribution is -2.46. The van der Waals surface area contributed by atoms with Crippen molar-refractivity contribution in [2.45, 2.75) is 12.1 Å². The van der Waals surface area contributed by atoms with Gasteiger partial charge in [0.1, 0.15) is 10.7 Å². The molecule has 0 atom stereocenters. The maximum Gasteiger partial charge on any atom is 0.162 e. The Morgan fingerprint density at radius 1 is 1.12 bits per heavy atom. The number of pyridine rings is 1. The summed E-state index contributed by atoms with van der Waals surface area (Å²) in [5.74, 6) is 0. The zero-order chi connectivity index (χ0) is 22.4. The molecule has 0 radical (unpaired) electrons. The number of rotatable bonds is 6. The minimum atomic E-state index is -0.999. The van der Waals surface area contributed by atoms with Crippen molar-refractivity contribution in [1.82, 2.24) is 29.6 Å². The molecule has 0 spiro atoms. The average Bonchev–Trinajstić information content (AvgIpc) is 3.56. The van der Waals surface area contributed by atoms with Gasteiger partial charge in [0.15, 0.2) is 5.60 Å². The standard InChI is InChI=1S/C22H23ClN6O3S/c23-16-9-24-20-15(19(16)18-10-25-21(33-18)22(30)12-32-13-22)7-17(27-20)14-8-26-29(11-14)2-1-28-3-5-31-6-4-28/h7-11,30H,1-6,12-13H2,(H,24,27). The number of H-pyrrole nitrogens is 1. The van der Waals surface area contributed by atoms with Crippen molar-refractivity contribution in [3.8, 4) is 21.7 Å². The van der Waals surface area contributed by atoms with Gasteiger partial charge in [0.2, 0.25) is 0 Å². The lowest BCUT2D eigenvalue weighted by Gasteiger charge is -2.34. The fourth-order valence-electron chi connectivity index (χ4n) is 4.17. The van der Waals surface area contributed by atoms with Crippen LogP contribution in [0.3, 0.4) is 0 Å². The van der Waals surface area contributed by atoms with Crippen LogP contribution in [0.4, 0.5) is 0 Å². The van der Waals surface area contributed by atoms with Crippen LogP contribution in [-0.2, 0) is 21.6 Å². The van der Waals surface area contributed by atoms with Crippen LogP contribution in [0.25, 0.3) is 32.7 Å². The number of hydrogen-bond acceptors (Lipinski definition) is 8. The van der Waals surface area contributed by atoms with E-state index < -0.39 is 5.60 Å². The molecule has 9 nitrogen and oxygen atoms in total. The predicted molar refractivity (Wildman–Crippen MR) is 125 cm³/mol. The van der Waals surface area contributed by atoms with E-state index in [-0.39, 0.29) is 13.2 Å². The summed E-state index contributed by atoms with van der Waals surface area (Å²) in [7, 11) is 0. The lowest BCUT2D eigenvalue weighted by atomic mass is 10.0. The van der Waals surface area contributed by atoms with E-state index in [4.69, 9.17) is 21.1 Å². The molecule has 0 saturated carbocycles. The van der Waals surface area contributed by atoms with Gasteiger partial charge >= 0.3 is 0 Å². The summed E-state index contributed by atoms with van der Waals surface area (Å²) in [6.07, 6.45) is 7.31. The first kappa shape index (κ1) is 21.2. The SMILES string of the molecule is OC1(c2ncc(-c3c(Cl)cnc4[nH]c(-c5cnn(CCN6CCOCC6)c5)cc34)s2)COC1. The van der Waals surface area contributed by atoms with Crippen molar-refractivity contribution in [3.63, 3.8) is 0 Å². The number of morpholine rings is 1. The Kier molecular flexibility index (Phi) is 5.44. The number of nitrogens with one attached hydrogen (secondary N) is 1. The van der Waals surface area contributed by atoms with Gasteiger partial charge in [0.05, 0.1) is 54.8 Å². The molecule has 2 aliphatic rings. The monoisotopic (exact) mass is 486 g/mol. The molecule has 0 bridgehead atoms. The maximum atomic E-state index is 10.6. The summed E-state index contributed by atoms with van der Waals surface area (Å²) in [5.41, 5.74) is 2.51. The van der Waals surface area contributed by atoms with Crippen molar-refractivity contribution in [1.29, 1.82) is 0 Å². The van der Waals surface area contributed by atoms with Gasteiger partial charge in [-0.1, -0.05) is 11.6 Å². The third-order valence-electron chi connectivity index (χ3n) is 6.14. The van der Waals surface area contributed by atoms with Crippen LogP contribution in [0.1, 0.15) is 5.01 Å². The van der Waals surface area contributed by atoms with Gasteiger partial charge in [-0.25, -0.2) is 9.97 Å². The van der Waals surface area contributed by atoms with Crippen molar-refractivity contribution in [3.05, 3.63) is 40.9 Å². The number of aliphatic hydroxyl groups is 1. The molecule has 0 amide bonds. The summed E-state index contributed by atoms with van der Waals surface area (Å²) in [5, 5.41) is 17.2. The Hall–Kier alpha value is -2.34. The summed E-state index contributed by atoms with van der Waals surface area (Å²) in [4.78, 5) is 15.6. The van der Waals surface area contributed by atoms with E-state index >= 15 is 0 Å². The largest absolute Gasteiger partial charge is 0.379 e. The highest BCUT2D eigenvalue weighted by molar-refractivity contribution is 7.15. The van der Waals surface area contributed by atoms with Crippen LogP contribution in [0.15, 0.2) is 30.9 Å². The van der Waals surface area contributed by atoms with E-state index in [0.29, 0.717) is 10.0 Å². The number of halogens is 1. The zero-order valence-electron chi connectivity index (χ0n) is 17.8. The van der Waals surface area contributed by atoms with E-state index in [2.05, 4.69) is 25.0 Å². The molecule has 2 fully saturated rings. The number of aromatic amines is 1. The quantitative estimate of drug-likeness (QED) is 0.432. The number of hydrogen-bond donors (Lipinski definition) is 2. The van der Waals surface area contributed by atoms with E-state index in [1.54, 1.807) is 12.4 Å². The van der Waals surface area contributed by atoms with Gasteiger partial charge in [-0.05, 0) is 6.07 Å². The summed E-state index contributed by atoms with van der Waals surface area (Å²) in [6.45, 7) is 5.84. The van der Waals surface area contributed by atoms with E-state index in [9.17, 15) is 5.11 Å². The smallest absolute Gasteiger partial charge is 0.162 e. The van der Waals surface area contributed by atoms with Gasteiger partial charge in [0.25, 0.3) is 0 Å². The van der Waals surface area contributed by atoms with Crippen molar-refractivity contribution >= 4 is 34.0 Å². The van der Waals surface area contributed by atoms with Gasteiger partial charge in [0, 0.05) is 54.7 Å². The molecule has 2 N–H and O–H groups in total. The highest BCUT2D eigenvalue weighted by Crippen LogP contribution is 2.41. The molecule has 0 unspecified atom stereocenters. The third kappa shape index (κ3) is 3.96. The minimum Gasteiger partial charge on any atom is -0.379 e. The second-order valence-corrected chi connectivity index (χ2v) is 9.86. The average molecular weight is 487 g/mol. The van der Waals surface area contributed by atoms with Crippen LogP contribution in [0.2, 0.25) is 5.02 Å². The molecule has 2 aliphatic heterocycles. The first-order chi connectivity index (χ1) is 16.1. The molecule has 33 heavy (non-hydrogen) atoms. The van der Waals surface area contributed by atoms with Crippen LogP contribution < -0.4 is 0 Å². The number of fused-ring (bicyclic) bond motifs is 1. The first-order valence-electron chi connectivity index (χ1n) is 10.9. The third-order valence-corrected chi connectivity index (χ3v) is 7.63. The normalized spacial score (nSPS) is 18.6. The van der Waals surface area contributed by atoms with Crippen LogP contribution in [-0.4, -0.2) is 80.8 Å². The second-order valence-electron chi connectivity index (χ2n) is 8.43. The highest BCUT2D eigenvalue weighted by atomic mass is 35.5. The van der Waals surface area contributed by atoms with Crippen molar-refractivity contribution < 1.29 is 14.6 Å². The minimum absolute atomic E-state index is 0.267. The van der Waals surface area contributed by atoms with Gasteiger partial charge < -0.3 is 19.6 Å². The first-order valence-corrected chi connectivity index (χ1v) is 12.1. The Balaban J connectivity index is 1.27. The Labute approximate surface area is 198 Å². The molecule has 4 aromatic rings. The number of thiazole rings is 1. The topological polar surface area (TPSA) is 101 Å². The van der Waals surface area contributed by atoms with Crippen LogP contribution >= 0.6 is 22.9 Å². The van der Waals surface area contributed by atoms with Crippen molar-refractivity contribution in [2.75, 3.05) is 46.1 Å². The zero-order valence-corrected chi connectivity index (χ0v) is 19.4. The number of nitrogens with zero attached hydrogens (tertiary/aromatic N) is 5. The van der Waals surface area contributed by atoms with E-state index in [0.717, 1.165) is 72.1 Å². The van der Waals surface area contributed by atoms with E-state index in [1.807, 2.05) is 23.1 Å². The molecule has 0 aliphatic carbocycles. The summed E-state index contributed by atoms with van der Waals surface area (Å²) >= 11 is 8.00. The molecule has 4 aromatic heterocycles. The molecule has 0 aromatic carbocycles. The molecular weight excluding hydrogens is 464 g/mol. The Morgan fingerprint density at radius 2 is 1.97 bits per heavy atom. The summed E-state index contributed by atoms with van der Waals surface area (Å²) in [6, 6.07) is 2.05. The fraction of sp³-hybridized carbons (Fsp3) is 0.409.